The van der Waals surface area contributed by atoms with E-state index in [9.17, 15) is 0 Å². The molecular weight excluding hydrogens is 316 g/mol. The molecule has 0 atom stereocenters. The van der Waals surface area contributed by atoms with E-state index in [1.807, 2.05) is 18.5 Å². The maximum Gasteiger partial charge on any atom is 0.162 e. The highest BCUT2D eigenvalue weighted by Gasteiger charge is 2.19. The maximum atomic E-state index is 5.24. The SMILES string of the molecule is COc1cncc(CN2CCc3nc(-c4cncnc4)ncc3C2)c1. The predicted octanol–water partition coefficient (Wildman–Crippen LogP) is 1.90. The standard InChI is InChI=1S/C18H18N6O/c1-25-16-4-13(5-19-9-16)10-24-3-2-17-15(11-24)8-22-18(23-17)14-6-20-12-21-7-14/h4-9,12H,2-3,10-11H2,1H3. The first-order valence-corrected chi connectivity index (χ1v) is 8.12. The van der Waals surface area contributed by atoms with Crippen molar-refractivity contribution in [2.45, 2.75) is 19.5 Å². The zero-order valence-corrected chi connectivity index (χ0v) is 14.0. The monoisotopic (exact) mass is 334 g/mol. The molecule has 7 heteroatoms. The molecule has 3 aromatic heterocycles. The summed E-state index contributed by atoms with van der Waals surface area (Å²) in [5.74, 6) is 1.47. The lowest BCUT2D eigenvalue weighted by Gasteiger charge is -2.28. The second-order valence-electron chi connectivity index (χ2n) is 5.99. The van der Waals surface area contributed by atoms with Gasteiger partial charge < -0.3 is 4.74 Å². The van der Waals surface area contributed by atoms with Crippen molar-refractivity contribution in [2.75, 3.05) is 13.7 Å². The zero-order valence-electron chi connectivity index (χ0n) is 14.0. The summed E-state index contributed by atoms with van der Waals surface area (Å²) in [5, 5.41) is 0. The number of methoxy groups -OCH3 is 1. The van der Waals surface area contributed by atoms with Gasteiger partial charge in [0.2, 0.25) is 0 Å². The Morgan fingerprint density at radius 3 is 2.80 bits per heavy atom. The number of hydrogen-bond acceptors (Lipinski definition) is 7. The molecule has 3 aromatic rings. The molecule has 0 radical (unpaired) electrons. The van der Waals surface area contributed by atoms with Gasteiger partial charge in [-0.3, -0.25) is 9.88 Å². The Kier molecular flexibility index (Phi) is 4.30. The first-order chi connectivity index (χ1) is 12.3. The molecule has 4 heterocycles. The number of fused-ring (bicyclic) bond motifs is 1. The van der Waals surface area contributed by atoms with Crippen LogP contribution in [0.15, 0.2) is 43.4 Å². The van der Waals surface area contributed by atoms with E-state index in [0.29, 0.717) is 5.82 Å². The van der Waals surface area contributed by atoms with Crippen LogP contribution in [-0.2, 0) is 19.5 Å². The van der Waals surface area contributed by atoms with E-state index >= 15 is 0 Å². The van der Waals surface area contributed by atoms with Crippen molar-refractivity contribution in [3.63, 3.8) is 0 Å². The van der Waals surface area contributed by atoms with E-state index in [4.69, 9.17) is 9.72 Å². The Balaban J connectivity index is 1.50. The van der Waals surface area contributed by atoms with Crippen molar-refractivity contribution < 1.29 is 4.74 Å². The van der Waals surface area contributed by atoms with Gasteiger partial charge in [-0.25, -0.2) is 19.9 Å². The minimum Gasteiger partial charge on any atom is -0.495 e. The average molecular weight is 334 g/mol. The van der Waals surface area contributed by atoms with Gasteiger partial charge in [0.05, 0.1) is 24.6 Å². The van der Waals surface area contributed by atoms with Gasteiger partial charge in [0, 0.05) is 56.4 Å². The summed E-state index contributed by atoms with van der Waals surface area (Å²) >= 11 is 0. The molecule has 0 aliphatic carbocycles. The van der Waals surface area contributed by atoms with Crippen LogP contribution < -0.4 is 4.74 Å². The van der Waals surface area contributed by atoms with Gasteiger partial charge in [0.1, 0.15) is 12.1 Å². The molecule has 0 spiro atoms. The van der Waals surface area contributed by atoms with Crippen LogP contribution >= 0.6 is 0 Å². The molecule has 0 fully saturated rings. The summed E-state index contributed by atoms with van der Waals surface area (Å²) in [6.07, 6.45) is 11.4. The fourth-order valence-electron chi connectivity index (χ4n) is 2.98. The van der Waals surface area contributed by atoms with Gasteiger partial charge in [0.25, 0.3) is 0 Å². The third kappa shape index (κ3) is 3.46. The molecule has 7 nitrogen and oxygen atoms in total. The van der Waals surface area contributed by atoms with E-state index in [0.717, 1.165) is 48.6 Å². The summed E-state index contributed by atoms with van der Waals surface area (Å²) in [6, 6.07) is 2.03. The van der Waals surface area contributed by atoms with Crippen LogP contribution in [-0.4, -0.2) is 43.5 Å². The van der Waals surface area contributed by atoms with E-state index in [-0.39, 0.29) is 0 Å². The van der Waals surface area contributed by atoms with Crippen LogP contribution in [0.25, 0.3) is 11.4 Å². The Hall–Kier alpha value is -2.93. The van der Waals surface area contributed by atoms with Crippen LogP contribution in [0.4, 0.5) is 0 Å². The Morgan fingerprint density at radius 1 is 1.08 bits per heavy atom. The van der Waals surface area contributed by atoms with Crippen LogP contribution in [0.5, 0.6) is 5.75 Å². The molecule has 0 amide bonds. The van der Waals surface area contributed by atoms with Gasteiger partial charge in [-0.2, -0.15) is 0 Å². The number of rotatable bonds is 4. The minimum atomic E-state index is 0.685. The molecule has 126 valence electrons. The van der Waals surface area contributed by atoms with Crippen molar-refractivity contribution in [3.05, 3.63) is 60.2 Å². The maximum absolute atomic E-state index is 5.24. The third-order valence-corrected chi connectivity index (χ3v) is 4.24. The van der Waals surface area contributed by atoms with Gasteiger partial charge in [-0.05, 0) is 11.6 Å². The number of aromatic nitrogens is 5. The third-order valence-electron chi connectivity index (χ3n) is 4.24. The van der Waals surface area contributed by atoms with Crippen molar-refractivity contribution in [1.82, 2.24) is 29.8 Å². The van der Waals surface area contributed by atoms with E-state index in [1.54, 1.807) is 25.7 Å². The highest BCUT2D eigenvalue weighted by molar-refractivity contribution is 5.52. The molecule has 0 bridgehead atoms. The molecule has 25 heavy (non-hydrogen) atoms. The first kappa shape index (κ1) is 15.6. The zero-order chi connectivity index (χ0) is 17.1. The summed E-state index contributed by atoms with van der Waals surface area (Å²) in [4.78, 5) is 23.8. The molecule has 1 aliphatic rings. The number of hydrogen-bond donors (Lipinski definition) is 0. The lowest BCUT2D eigenvalue weighted by Crippen LogP contribution is -2.31. The topological polar surface area (TPSA) is 76.9 Å². The van der Waals surface area contributed by atoms with Crippen molar-refractivity contribution in [2.24, 2.45) is 0 Å². The molecule has 0 saturated carbocycles. The first-order valence-electron chi connectivity index (χ1n) is 8.12. The van der Waals surface area contributed by atoms with E-state index < -0.39 is 0 Å². The summed E-state index contributed by atoms with van der Waals surface area (Å²) in [7, 11) is 1.66. The van der Waals surface area contributed by atoms with E-state index in [2.05, 4.69) is 24.8 Å². The number of ether oxygens (including phenoxy) is 1. The Morgan fingerprint density at radius 2 is 1.96 bits per heavy atom. The molecule has 0 N–H and O–H groups in total. The molecule has 0 aromatic carbocycles. The summed E-state index contributed by atoms with van der Waals surface area (Å²) in [5.41, 5.74) is 4.26. The molecule has 1 aliphatic heterocycles. The van der Waals surface area contributed by atoms with E-state index in [1.165, 1.54) is 11.9 Å². The van der Waals surface area contributed by atoms with Crippen LogP contribution in [0.2, 0.25) is 0 Å². The van der Waals surface area contributed by atoms with Crippen molar-refractivity contribution in [1.29, 1.82) is 0 Å². The van der Waals surface area contributed by atoms with Crippen LogP contribution in [0.3, 0.4) is 0 Å². The summed E-state index contributed by atoms with van der Waals surface area (Å²) in [6.45, 7) is 2.61. The minimum absolute atomic E-state index is 0.685. The Labute approximate surface area is 145 Å². The fraction of sp³-hybridized carbons (Fsp3) is 0.278. The smallest absolute Gasteiger partial charge is 0.162 e. The quantitative estimate of drug-likeness (QED) is 0.721. The van der Waals surface area contributed by atoms with Crippen LogP contribution in [0.1, 0.15) is 16.8 Å². The average Bonchev–Trinajstić information content (AvgIpc) is 2.68. The normalized spacial score (nSPS) is 14.1. The molecular formula is C18H18N6O. The second-order valence-corrected chi connectivity index (χ2v) is 5.99. The van der Waals surface area contributed by atoms with Crippen LogP contribution in [0, 0.1) is 0 Å². The fourth-order valence-corrected chi connectivity index (χ4v) is 2.98. The predicted molar refractivity (Wildman–Crippen MR) is 91.7 cm³/mol. The lowest BCUT2D eigenvalue weighted by atomic mass is 10.1. The van der Waals surface area contributed by atoms with Gasteiger partial charge in [-0.15, -0.1) is 0 Å². The molecule has 0 saturated heterocycles. The highest BCUT2D eigenvalue weighted by Crippen LogP contribution is 2.22. The Bertz CT molecular complexity index is 870. The van der Waals surface area contributed by atoms with Crippen molar-refractivity contribution >= 4 is 0 Å². The largest absolute Gasteiger partial charge is 0.495 e. The van der Waals surface area contributed by atoms with Crippen molar-refractivity contribution in [3.8, 4) is 17.1 Å². The number of pyridine rings is 1. The van der Waals surface area contributed by atoms with Gasteiger partial charge >= 0.3 is 0 Å². The molecule has 4 rings (SSSR count). The molecule has 0 unspecified atom stereocenters. The lowest BCUT2D eigenvalue weighted by molar-refractivity contribution is 0.242. The van der Waals surface area contributed by atoms with Gasteiger partial charge in [-0.1, -0.05) is 0 Å². The van der Waals surface area contributed by atoms with Gasteiger partial charge in [0.15, 0.2) is 5.82 Å². The highest BCUT2D eigenvalue weighted by atomic mass is 16.5. The number of nitrogens with zero attached hydrogens (tertiary/aromatic N) is 6. The second kappa shape index (κ2) is 6.90. The summed E-state index contributed by atoms with van der Waals surface area (Å²) < 4.78 is 5.24.